The summed E-state index contributed by atoms with van der Waals surface area (Å²) in [6.07, 6.45) is 8.99. The number of aliphatic hydroxyl groups excluding tert-OH is 1. The number of hydrogen-bond acceptors (Lipinski definition) is 3. The SMILES string of the molecule is O[C@H]1CCCCC[C@H]1n1cc(CCc2ccccc2)nn1. The van der Waals surface area contributed by atoms with Crippen molar-refractivity contribution < 1.29 is 5.11 Å². The summed E-state index contributed by atoms with van der Waals surface area (Å²) in [4.78, 5) is 0. The van der Waals surface area contributed by atoms with Gasteiger partial charge in [0.15, 0.2) is 0 Å². The minimum atomic E-state index is -0.281. The largest absolute Gasteiger partial charge is 0.391 e. The second-order valence-corrected chi connectivity index (χ2v) is 5.95. The van der Waals surface area contributed by atoms with Crippen LogP contribution in [-0.4, -0.2) is 26.2 Å². The van der Waals surface area contributed by atoms with Gasteiger partial charge in [-0.2, -0.15) is 0 Å². The van der Waals surface area contributed by atoms with Gasteiger partial charge in [0.2, 0.25) is 0 Å². The summed E-state index contributed by atoms with van der Waals surface area (Å²) in [5, 5.41) is 18.8. The van der Waals surface area contributed by atoms with Crippen LogP contribution in [0.25, 0.3) is 0 Å². The molecular formula is C17H23N3O. The Morgan fingerprint density at radius 3 is 2.71 bits per heavy atom. The number of aromatic nitrogens is 3. The van der Waals surface area contributed by atoms with Crippen LogP contribution in [0.3, 0.4) is 0 Å². The average molecular weight is 285 g/mol. The fourth-order valence-electron chi connectivity index (χ4n) is 3.08. The second kappa shape index (κ2) is 6.85. The molecule has 0 spiro atoms. The van der Waals surface area contributed by atoms with Gasteiger partial charge in [-0.05, 0) is 31.2 Å². The molecule has 1 N–H and O–H groups in total. The minimum absolute atomic E-state index is 0.102. The minimum Gasteiger partial charge on any atom is -0.391 e. The molecule has 0 bridgehead atoms. The van der Waals surface area contributed by atoms with Gasteiger partial charge in [0, 0.05) is 6.20 Å². The molecule has 1 fully saturated rings. The van der Waals surface area contributed by atoms with E-state index in [-0.39, 0.29) is 12.1 Å². The fraction of sp³-hybridized carbons (Fsp3) is 0.529. The van der Waals surface area contributed by atoms with E-state index in [1.54, 1.807) is 0 Å². The Morgan fingerprint density at radius 2 is 1.86 bits per heavy atom. The number of aryl methyl sites for hydroxylation is 2. The van der Waals surface area contributed by atoms with E-state index in [2.05, 4.69) is 34.6 Å². The van der Waals surface area contributed by atoms with Crippen LogP contribution in [-0.2, 0) is 12.8 Å². The fourth-order valence-corrected chi connectivity index (χ4v) is 3.08. The molecule has 2 atom stereocenters. The first-order valence-corrected chi connectivity index (χ1v) is 7.95. The first-order valence-electron chi connectivity index (χ1n) is 7.95. The van der Waals surface area contributed by atoms with E-state index in [0.717, 1.165) is 37.8 Å². The molecule has 0 unspecified atom stereocenters. The Labute approximate surface area is 125 Å². The van der Waals surface area contributed by atoms with Crippen molar-refractivity contribution in [3.63, 3.8) is 0 Å². The summed E-state index contributed by atoms with van der Waals surface area (Å²) in [6.45, 7) is 0. The highest BCUT2D eigenvalue weighted by Gasteiger charge is 2.24. The summed E-state index contributed by atoms with van der Waals surface area (Å²) in [6, 6.07) is 10.5. The van der Waals surface area contributed by atoms with E-state index in [4.69, 9.17) is 0 Å². The van der Waals surface area contributed by atoms with Crippen LogP contribution in [0.1, 0.15) is 49.4 Å². The van der Waals surface area contributed by atoms with E-state index >= 15 is 0 Å². The number of aliphatic hydroxyl groups is 1. The Morgan fingerprint density at radius 1 is 1.05 bits per heavy atom. The Bertz CT molecular complexity index is 552. The van der Waals surface area contributed by atoms with Gasteiger partial charge in [-0.15, -0.1) is 5.10 Å². The lowest BCUT2D eigenvalue weighted by molar-refractivity contribution is 0.0980. The van der Waals surface area contributed by atoms with Gasteiger partial charge in [0.1, 0.15) is 0 Å². The Kier molecular flexibility index (Phi) is 4.65. The van der Waals surface area contributed by atoms with Crippen molar-refractivity contribution in [1.29, 1.82) is 0 Å². The van der Waals surface area contributed by atoms with Crippen molar-refractivity contribution in [2.24, 2.45) is 0 Å². The molecule has 21 heavy (non-hydrogen) atoms. The number of nitrogens with zero attached hydrogens (tertiary/aromatic N) is 3. The lowest BCUT2D eigenvalue weighted by atomic mass is 10.1. The van der Waals surface area contributed by atoms with Gasteiger partial charge in [-0.25, -0.2) is 4.68 Å². The van der Waals surface area contributed by atoms with Gasteiger partial charge in [-0.3, -0.25) is 0 Å². The predicted octanol–water partition coefficient (Wildman–Crippen LogP) is 2.93. The number of rotatable bonds is 4. The Balaban J connectivity index is 1.62. The third-order valence-electron chi connectivity index (χ3n) is 4.35. The third-order valence-corrected chi connectivity index (χ3v) is 4.35. The normalized spacial score (nSPS) is 22.9. The average Bonchev–Trinajstić information content (AvgIpc) is 2.88. The molecule has 0 amide bonds. The molecule has 0 aliphatic heterocycles. The summed E-state index contributed by atoms with van der Waals surface area (Å²) < 4.78 is 1.89. The summed E-state index contributed by atoms with van der Waals surface area (Å²) in [5.41, 5.74) is 2.33. The van der Waals surface area contributed by atoms with E-state index in [0.29, 0.717) is 0 Å². The van der Waals surface area contributed by atoms with Crippen molar-refractivity contribution in [2.75, 3.05) is 0 Å². The number of hydrogen-bond donors (Lipinski definition) is 1. The number of benzene rings is 1. The zero-order valence-corrected chi connectivity index (χ0v) is 12.4. The summed E-state index contributed by atoms with van der Waals surface area (Å²) >= 11 is 0. The van der Waals surface area contributed by atoms with Crippen LogP contribution in [0.15, 0.2) is 36.5 Å². The molecule has 1 aliphatic carbocycles. The summed E-state index contributed by atoms with van der Waals surface area (Å²) in [5.74, 6) is 0. The molecule has 3 rings (SSSR count). The first kappa shape index (κ1) is 14.3. The summed E-state index contributed by atoms with van der Waals surface area (Å²) in [7, 11) is 0. The molecule has 1 saturated carbocycles. The van der Waals surface area contributed by atoms with Crippen molar-refractivity contribution in [1.82, 2.24) is 15.0 Å². The standard InChI is InChI=1S/C17H23N3O/c21-17-10-6-2-5-9-16(17)20-13-15(18-19-20)12-11-14-7-3-1-4-8-14/h1,3-4,7-8,13,16-17,21H,2,5-6,9-12H2/t16-,17+/m1/s1. The molecule has 112 valence electrons. The predicted molar refractivity (Wildman–Crippen MR) is 82.0 cm³/mol. The highest BCUT2D eigenvalue weighted by atomic mass is 16.3. The van der Waals surface area contributed by atoms with Crippen LogP contribution in [0.5, 0.6) is 0 Å². The molecule has 1 aromatic heterocycles. The van der Waals surface area contributed by atoms with Crippen LogP contribution in [0.4, 0.5) is 0 Å². The maximum Gasteiger partial charge on any atom is 0.0830 e. The van der Waals surface area contributed by atoms with Crippen molar-refractivity contribution in [3.05, 3.63) is 47.8 Å². The van der Waals surface area contributed by atoms with E-state index in [9.17, 15) is 5.11 Å². The van der Waals surface area contributed by atoms with Crippen LogP contribution in [0, 0.1) is 0 Å². The smallest absolute Gasteiger partial charge is 0.0830 e. The highest BCUT2D eigenvalue weighted by molar-refractivity contribution is 5.15. The third kappa shape index (κ3) is 3.70. The van der Waals surface area contributed by atoms with Crippen LogP contribution in [0.2, 0.25) is 0 Å². The molecule has 1 aliphatic rings. The van der Waals surface area contributed by atoms with Gasteiger partial charge < -0.3 is 5.11 Å². The van der Waals surface area contributed by atoms with Crippen molar-refractivity contribution in [2.45, 2.75) is 57.1 Å². The molecule has 4 heteroatoms. The van der Waals surface area contributed by atoms with Gasteiger partial charge >= 0.3 is 0 Å². The molecular weight excluding hydrogens is 262 g/mol. The van der Waals surface area contributed by atoms with Gasteiger partial charge in [0.05, 0.1) is 17.8 Å². The van der Waals surface area contributed by atoms with E-state index in [1.165, 1.54) is 18.4 Å². The zero-order chi connectivity index (χ0) is 14.5. The first-order chi connectivity index (χ1) is 10.3. The second-order valence-electron chi connectivity index (χ2n) is 5.95. The van der Waals surface area contributed by atoms with Gasteiger partial charge in [0.25, 0.3) is 0 Å². The maximum atomic E-state index is 10.2. The molecule has 1 heterocycles. The van der Waals surface area contributed by atoms with Crippen LogP contribution >= 0.6 is 0 Å². The topological polar surface area (TPSA) is 50.9 Å². The van der Waals surface area contributed by atoms with Crippen LogP contribution < -0.4 is 0 Å². The molecule has 0 saturated heterocycles. The van der Waals surface area contributed by atoms with E-state index in [1.807, 2.05) is 16.9 Å². The lowest BCUT2D eigenvalue weighted by Crippen LogP contribution is -2.23. The quantitative estimate of drug-likeness (QED) is 0.879. The molecule has 4 nitrogen and oxygen atoms in total. The van der Waals surface area contributed by atoms with Crippen molar-refractivity contribution >= 4 is 0 Å². The monoisotopic (exact) mass is 285 g/mol. The maximum absolute atomic E-state index is 10.2. The molecule has 2 aromatic rings. The van der Waals surface area contributed by atoms with Gasteiger partial charge in [-0.1, -0.05) is 54.8 Å². The molecule has 1 aromatic carbocycles. The lowest BCUT2D eigenvalue weighted by Gasteiger charge is -2.19. The van der Waals surface area contributed by atoms with E-state index < -0.39 is 0 Å². The Hall–Kier alpha value is -1.68. The molecule has 0 radical (unpaired) electrons. The zero-order valence-electron chi connectivity index (χ0n) is 12.4. The van der Waals surface area contributed by atoms with Crippen molar-refractivity contribution in [3.8, 4) is 0 Å². The highest BCUT2D eigenvalue weighted by Crippen LogP contribution is 2.27.